The van der Waals surface area contributed by atoms with E-state index in [-0.39, 0.29) is 18.3 Å². The molecule has 1 N–H and O–H groups in total. The number of aliphatic hydroxyl groups is 1. The lowest BCUT2D eigenvalue weighted by Crippen LogP contribution is -2.52. The summed E-state index contributed by atoms with van der Waals surface area (Å²) in [5.74, 6) is 0.869. The minimum atomic E-state index is -0.858. The highest BCUT2D eigenvalue weighted by Gasteiger charge is 2.49. The lowest BCUT2D eigenvalue weighted by atomic mass is 9.63. The number of amides is 1. The molecule has 0 unspecified atom stereocenters. The van der Waals surface area contributed by atoms with Gasteiger partial charge < -0.3 is 19.5 Å². The summed E-state index contributed by atoms with van der Waals surface area (Å²) in [5.41, 5.74) is 1.64. The Morgan fingerprint density at radius 3 is 2.32 bits per heavy atom. The van der Waals surface area contributed by atoms with Crippen LogP contribution in [-0.4, -0.2) is 36.7 Å². The maximum absolute atomic E-state index is 13.5. The number of ether oxygens (including phenoxy) is 2. The van der Waals surface area contributed by atoms with Gasteiger partial charge in [0.25, 0.3) is 0 Å². The topological polar surface area (TPSA) is 59.0 Å². The van der Waals surface area contributed by atoms with Crippen LogP contribution in [0.1, 0.15) is 42.1 Å². The summed E-state index contributed by atoms with van der Waals surface area (Å²) in [6.07, 6.45) is 1.55. The van der Waals surface area contributed by atoms with Gasteiger partial charge in [-0.15, -0.1) is 0 Å². The number of nitrogens with zero attached hydrogens (tertiary/aromatic N) is 1. The molecule has 0 aromatic heterocycles. The van der Waals surface area contributed by atoms with Crippen molar-refractivity contribution in [2.75, 3.05) is 20.8 Å². The van der Waals surface area contributed by atoms with E-state index in [1.807, 2.05) is 0 Å². The Labute approximate surface area is 163 Å². The number of benzene rings is 2. The summed E-state index contributed by atoms with van der Waals surface area (Å²) in [7, 11) is 3.13. The van der Waals surface area contributed by atoms with E-state index in [1.54, 1.807) is 43.4 Å². The molecule has 4 rings (SSSR count). The second-order valence-electron chi connectivity index (χ2n) is 7.51. The van der Waals surface area contributed by atoms with Crippen LogP contribution in [0.25, 0.3) is 0 Å². The molecule has 2 aliphatic rings. The first-order valence-electron chi connectivity index (χ1n) is 9.47. The number of carbonyl (C=O) groups is 1. The molecule has 1 aliphatic carbocycles. The van der Waals surface area contributed by atoms with E-state index < -0.39 is 11.5 Å². The molecule has 0 bridgehead atoms. The van der Waals surface area contributed by atoms with Crippen molar-refractivity contribution in [2.24, 2.45) is 0 Å². The zero-order valence-corrected chi connectivity index (χ0v) is 16.1. The smallest absolute Gasteiger partial charge is 0.233 e. The molecule has 1 amide bonds. The molecule has 1 fully saturated rings. The van der Waals surface area contributed by atoms with Crippen molar-refractivity contribution in [1.29, 1.82) is 0 Å². The van der Waals surface area contributed by atoms with Crippen molar-refractivity contribution in [3.63, 3.8) is 0 Å². The number of hydrogen-bond donors (Lipinski definition) is 1. The molecule has 148 valence electrons. The average Bonchev–Trinajstić information content (AvgIpc) is 2.67. The molecular formula is C22H24FNO4. The Bertz CT molecular complexity index is 892. The molecule has 6 heteroatoms. The zero-order valence-electron chi connectivity index (χ0n) is 16.1. The van der Waals surface area contributed by atoms with E-state index in [1.165, 1.54) is 12.1 Å². The molecule has 0 spiro atoms. The highest BCUT2D eigenvalue weighted by atomic mass is 19.1. The summed E-state index contributed by atoms with van der Waals surface area (Å²) in [5, 5.41) is 10.8. The Balaban J connectivity index is 1.69. The fourth-order valence-electron chi connectivity index (χ4n) is 4.46. The van der Waals surface area contributed by atoms with Crippen LogP contribution in [0.15, 0.2) is 36.4 Å². The summed E-state index contributed by atoms with van der Waals surface area (Å²) in [6.45, 7) is 0.535. The Hall–Kier alpha value is -2.60. The number of rotatable bonds is 4. The third-order valence-electron chi connectivity index (χ3n) is 6.09. The van der Waals surface area contributed by atoms with Crippen LogP contribution in [0.3, 0.4) is 0 Å². The number of β-amino-alcohol motifs (C(OH)–C–C–N with tert-alkyl or cyclic N) is 1. The van der Waals surface area contributed by atoms with E-state index in [0.717, 1.165) is 30.4 Å². The normalized spacial score (nSPS) is 20.1. The SMILES string of the molecule is COc1ccc(OC)c2c1CN(C(=O)C1(c3ccc(F)cc3)CCC1)C[C@H]2O. The van der Waals surface area contributed by atoms with Crippen LogP contribution < -0.4 is 9.47 Å². The number of halogens is 1. The molecule has 1 aliphatic heterocycles. The van der Waals surface area contributed by atoms with Gasteiger partial charge in [-0.25, -0.2) is 4.39 Å². The number of carbonyl (C=O) groups excluding carboxylic acids is 1. The summed E-state index contributed by atoms with van der Waals surface area (Å²) < 4.78 is 24.2. The third kappa shape index (κ3) is 2.83. The van der Waals surface area contributed by atoms with Gasteiger partial charge in [-0.2, -0.15) is 0 Å². The average molecular weight is 385 g/mol. The molecule has 2 aromatic rings. The first kappa shape index (κ1) is 18.7. The Kier molecular flexibility index (Phi) is 4.75. The van der Waals surface area contributed by atoms with Gasteiger partial charge in [0.15, 0.2) is 0 Å². The predicted molar refractivity (Wildman–Crippen MR) is 102 cm³/mol. The van der Waals surface area contributed by atoms with Crippen LogP contribution in [0.5, 0.6) is 11.5 Å². The largest absolute Gasteiger partial charge is 0.496 e. The van der Waals surface area contributed by atoms with Crippen molar-refractivity contribution in [2.45, 2.75) is 37.3 Å². The molecule has 1 heterocycles. The molecule has 1 atom stereocenters. The molecule has 0 saturated heterocycles. The first-order chi connectivity index (χ1) is 13.5. The zero-order chi connectivity index (χ0) is 19.9. The maximum atomic E-state index is 13.5. The van der Waals surface area contributed by atoms with Gasteiger partial charge in [-0.3, -0.25) is 4.79 Å². The van der Waals surface area contributed by atoms with E-state index in [4.69, 9.17) is 9.47 Å². The van der Waals surface area contributed by atoms with Crippen LogP contribution in [0, 0.1) is 5.82 Å². The molecule has 28 heavy (non-hydrogen) atoms. The van der Waals surface area contributed by atoms with Gasteiger partial charge in [0, 0.05) is 17.7 Å². The predicted octanol–water partition coefficient (Wildman–Crippen LogP) is 3.34. The summed E-state index contributed by atoms with van der Waals surface area (Å²) in [4.78, 5) is 15.2. The van der Waals surface area contributed by atoms with Gasteiger partial charge in [0.2, 0.25) is 5.91 Å². The minimum Gasteiger partial charge on any atom is -0.496 e. The van der Waals surface area contributed by atoms with E-state index in [9.17, 15) is 14.3 Å². The number of fused-ring (bicyclic) bond motifs is 1. The Morgan fingerprint density at radius 1 is 1.11 bits per heavy atom. The van der Waals surface area contributed by atoms with Crippen LogP contribution in [0.4, 0.5) is 4.39 Å². The number of aliphatic hydroxyl groups excluding tert-OH is 1. The molecular weight excluding hydrogens is 361 g/mol. The summed E-state index contributed by atoms with van der Waals surface area (Å²) >= 11 is 0. The van der Waals surface area contributed by atoms with Crippen molar-refractivity contribution in [3.8, 4) is 11.5 Å². The quantitative estimate of drug-likeness (QED) is 0.877. The molecule has 2 aromatic carbocycles. The second kappa shape index (κ2) is 7.09. The standard InChI is InChI=1S/C22H24FNO4/c1-27-18-8-9-19(28-2)20-16(18)12-24(13-17(20)25)21(26)22(10-3-11-22)14-4-6-15(23)7-5-14/h4-9,17,25H,3,10-13H2,1-2H3/t17-/m1/s1. The van der Waals surface area contributed by atoms with E-state index >= 15 is 0 Å². The second-order valence-corrected chi connectivity index (χ2v) is 7.51. The fourth-order valence-corrected chi connectivity index (χ4v) is 4.46. The summed E-state index contributed by atoms with van der Waals surface area (Å²) in [6, 6.07) is 9.75. The lowest BCUT2D eigenvalue weighted by Gasteiger charge is -2.46. The highest BCUT2D eigenvalue weighted by molar-refractivity contribution is 5.89. The van der Waals surface area contributed by atoms with Crippen LogP contribution in [-0.2, 0) is 16.8 Å². The van der Waals surface area contributed by atoms with Crippen molar-refractivity contribution in [1.82, 2.24) is 4.90 Å². The van der Waals surface area contributed by atoms with Crippen LogP contribution in [0.2, 0.25) is 0 Å². The van der Waals surface area contributed by atoms with Crippen molar-refractivity contribution in [3.05, 3.63) is 58.9 Å². The van der Waals surface area contributed by atoms with Gasteiger partial charge >= 0.3 is 0 Å². The lowest BCUT2D eigenvalue weighted by molar-refractivity contribution is -0.144. The fraction of sp³-hybridized carbons (Fsp3) is 0.409. The van der Waals surface area contributed by atoms with Crippen molar-refractivity contribution >= 4 is 5.91 Å². The van der Waals surface area contributed by atoms with Gasteiger partial charge in [-0.05, 0) is 42.7 Å². The highest BCUT2D eigenvalue weighted by Crippen LogP contribution is 2.47. The molecule has 5 nitrogen and oxygen atoms in total. The van der Waals surface area contributed by atoms with Crippen LogP contribution >= 0.6 is 0 Å². The number of methoxy groups -OCH3 is 2. The van der Waals surface area contributed by atoms with E-state index in [0.29, 0.717) is 23.6 Å². The number of hydrogen-bond acceptors (Lipinski definition) is 4. The van der Waals surface area contributed by atoms with E-state index in [2.05, 4.69) is 0 Å². The van der Waals surface area contributed by atoms with Gasteiger partial charge in [0.1, 0.15) is 23.4 Å². The Morgan fingerprint density at radius 2 is 1.75 bits per heavy atom. The molecule has 0 radical (unpaired) electrons. The van der Waals surface area contributed by atoms with Gasteiger partial charge in [0.05, 0.1) is 26.2 Å². The first-order valence-corrected chi connectivity index (χ1v) is 9.47. The van der Waals surface area contributed by atoms with Gasteiger partial charge in [-0.1, -0.05) is 18.6 Å². The third-order valence-corrected chi connectivity index (χ3v) is 6.09. The monoisotopic (exact) mass is 385 g/mol. The van der Waals surface area contributed by atoms with Crippen molar-refractivity contribution < 1.29 is 23.8 Å². The maximum Gasteiger partial charge on any atom is 0.233 e. The molecule has 1 saturated carbocycles. The minimum absolute atomic E-state index is 0.0278.